The summed E-state index contributed by atoms with van der Waals surface area (Å²) in [5, 5.41) is 0. The summed E-state index contributed by atoms with van der Waals surface area (Å²) < 4.78 is 0. The zero-order valence-corrected chi connectivity index (χ0v) is 31.3. The van der Waals surface area contributed by atoms with Crippen LogP contribution >= 0.6 is 0 Å². The molecule has 52 heavy (non-hydrogen) atoms. The van der Waals surface area contributed by atoms with Crippen LogP contribution in [0.3, 0.4) is 0 Å². The van der Waals surface area contributed by atoms with Crippen molar-refractivity contribution in [1.29, 1.82) is 0 Å². The van der Waals surface area contributed by atoms with Crippen LogP contribution in [0, 0.1) is 27.7 Å². The Morgan fingerprint density at radius 3 is 1.83 bits per heavy atom. The SMILES string of the molecule is Cc1ccccc1N(c1cc2c3c(c1)N1c4c(cccc4C4(C)CCCCC14C)B3c1cccc(C)c1N2c1ccccc1C)c1ccccc1C. The number of hydrogen-bond acceptors (Lipinski definition) is 3. The standard InChI is InChI=1S/C48H46BN3/c1-31-17-7-10-24-39(31)50(40-25-11-8-18-32(40)2)35-29-42-44-43(30-35)52-46-36(47(5)27-13-14-28-48(47,52)6)21-16-23-38(46)49(44)37-22-15-20-34(4)45(37)51(42)41-26-12-9-19-33(41)3/h7-12,15-26,29-30H,13-14,27-28H2,1-6H3. The van der Waals surface area contributed by atoms with Crippen LogP contribution < -0.4 is 31.1 Å². The van der Waals surface area contributed by atoms with Crippen LogP contribution in [0.5, 0.6) is 0 Å². The lowest BCUT2D eigenvalue weighted by Crippen LogP contribution is -2.64. The van der Waals surface area contributed by atoms with E-state index in [0.29, 0.717) is 0 Å². The maximum absolute atomic E-state index is 2.85. The van der Waals surface area contributed by atoms with Crippen LogP contribution in [0.1, 0.15) is 67.3 Å². The van der Waals surface area contributed by atoms with Gasteiger partial charge in [-0.3, -0.25) is 0 Å². The fourth-order valence-corrected chi connectivity index (χ4v) is 10.7. The first-order valence-corrected chi connectivity index (χ1v) is 19.2. The maximum Gasteiger partial charge on any atom is 0.252 e. The summed E-state index contributed by atoms with van der Waals surface area (Å²) in [6.45, 7) is 14.3. The average Bonchev–Trinajstić information content (AvgIpc) is 3.36. The van der Waals surface area contributed by atoms with Crippen molar-refractivity contribution < 1.29 is 0 Å². The lowest BCUT2D eigenvalue weighted by atomic mass is 9.33. The molecule has 0 amide bonds. The molecule has 0 radical (unpaired) electrons. The molecule has 10 rings (SSSR count). The number of hydrogen-bond donors (Lipinski definition) is 0. The Morgan fingerprint density at radius 2 is 1.13 bits per heavy atom. The third-order valence-corrected chi connectivity index (χ3v) is 13.5. The van der Waals surface area contributed by atoms with Gasteiger partial charge in [0.2, 0.25) is 0 Å². The number of fused-ring (bicyclic) bond motifs is 7. The van der Waals surface area contributed by atoms with Crippen molar-refractivity contribution in [1.82, 2.24) is 0 Å². The van der Waals surface area contributed by atoms with E-state index in [1.807, 2.05) is 0 Å². The lowest BCUT2D eigenvalue weighted by molar-refractivity contribution is 0.195. The van der Waals surface area contributed by atoms with Crippen LogP contribution in [0.15, 0.2) is 121 Å². The van der Waals surface area contributed by atoms with Gasteiger partial charge in [0.1, 0.15) is 0 Å². The summed E-state index contributed by atoms with van der Waals surface area (Å²) in [5.74, 6) is 0. The summed E-state index contributed by atoms with van der Waals surface area (Å²) in [6.07, 6.45) is 4.93. The first-order valence-electron chi connectivity index (χ1n) is 19.2. The molecule has 0 bridgehead atoms. The Bertz CT molecular complexity index is 2400. The van der Waals surface area contributed by atoms with Gasteiger partial charge in [-0.15, -0.1) is 0 Å². The molecule has 4 heteroatoms. The molecule has 2 unspecified atom stereocenters. The number of para-hydroxylation sites is 5. The summed E-state index contributed by atoms with van der Waals surface area (Å²) >= 11 is 0. The molecule has 6 aromatic carbocycles. The highest BCUT2D eigenvalue weighted by Gasteiger charge is 2.61. The van der Waals surface area contributed by atoms with E-state index in [1.54, 1.807) is 0 Å². The second-order valence-electron chi connectivity index (χ2n) is 16.3. The predicted octanol–water partition coefficient (Wildman–Crippen LogP) is 10.7. The summed E-state index contributed by atoms with van der Waals surface area (Å²) in [7, 11) is 0. The van der Waals surface area contributed by atoms with Crippen LogP contribution in [0.25, 0.3) is 0 Å². The fraction of sp³-hybridized carbons (Fsp3) is 0.250. The Kier molecular flexibility index (Phi) is 6.75. The zero-order valence-electron chi connectivity index (χ0n) is 31.3. The number of benzene rings is 6. The Morgan fingerprint density at radius 1 is 0.558 bits per heavy atom. The van der Waals surface area contributed by atoms with Crippen molar-refractivity contribution in [2.24, 2.45) is 0 Å². The van der Waals surface area contributed by atoms with E-state index in [9.17, 15) is 0 Å². The molecule has 0 N–H and O–H groups in total. The smallest absolute Gasteiger partial charge is 0.252 e. The van der Waals surface area contributed by atoms with E-state index in [4.69, 9.17) is 0 Å². The van der Waals surface area contributed by atoms with Crippen molar-refractivity contribution in [3.05, 3.63) is 149 Å². The van der Waals surface area contributed by atoms with Crippen molar-refractivity contribution in [3.63, 3.8) is 0 Å². The molecule has 2 atom stereocenters. The third-order valence-electron chi connectivity index (χ3n) is 13.5. The monoisotopic (exact) mass is 675 g/mol. The molecule has 1 fully saturated rings. The molecular formula is C48H46BN3. The van der Waals surface area contributed by atoms with Crippen molar-refractivity contribution in [2.75, 3.05) is 14.7 Å². The van der Waals surface area contributed by atoms with Gasteiger partial charge < -0.3 is 14.7 Å². The molecule has 0 spiro atoms. The Balaban J connectivity index is 1.37. The van der Waals surface area contributed by atoms with E-state index in [-0.39, 0.29) is 17.7 Å². The minimum atomic E-state index is -0.0441. The number of nitrogens with zero attached hydrogens (tertiary/aromatic N) is 3. The Hall–Kier alpha value is -5.22. The fourth-order valence-electron chi connectivity index (χ4n) is 10.7. The molecule has 256 valence electrons. The summed E-state index contributed by atoms with van der Waals surface area (Å²) in [6, 6.07) is 46.0. The predicted molar refractivity (Wildman–Crippen MR) is 222 cm³/mol. The normalized spacial score (nSPS) is 20.6. The van der Waals surface area contributed by atoms with Gasteiger partial charge in [-0.05, 0) is 122 Å². The van der Waals surface area contributed by atoms with E-state index >= 15 is 0 Å². The van der Waals surface area contributed by atoms with Crippen molar-refractivity contribution in [2.45, 2.75) is 78.2 Å². The van der Waals surface area contributed by atoms with Gasteiger partial charge in [-0.25, -0.2) is 0 Å². The largest absolute Gasteiger partial charge is 0.335 e. The maximum atomic E-state index is 2.85. The molecule has 4 aliphatic rings. The van der Waals surface area contributed by atoms with Crippen LogP contribution in [-0.2, 0) is 5.41 Å². The van der Waals surface area contributed by atoms with E-state index in [1.165, 1.54) is 115 Å². The van der Waals surface area contributed by atoms with Gasteiger partial charge in [0.05, 0.1) is 11.2 Å². The molecule has 3 nitrogen and oxygen atoms in total. The topological polar surface area (TPSA) is 9.72 Å². The minimum absolute atomic E-state index is 0.0441. The van der Waals surface area contributed by atoms with Gasteiger partial charge in [-0.1, -0.05) is 111 Å². The van der Waals surface area contributed by atoms with Crippen molar-refractivity contribution in [3.8, 4) is 0 Å². The summed E-state index contributed by atoms with van der Waals surface area (Å²) in [5.41, 5.74) is 21.2. The van der Waals surface area contributed by atoms with Gasteiger partial charge in [0.15, 0.2) is 0 Å². The summed E-state index contributed by atoms with van der Waals surface area (Å²) in [4.78, 5) is 7.99. The first-order chi connectivity index (χ1) is 25.2. The highest BCUT2D eigenvalue weighted by Crippen LogP contribution is 2.62. The van der Waals surface area contributed by atoms with E-state index < -0.39 is 0 Å². The molecule has 3 aliphatic heterocycles. The van der Waals surface area contributed by atoms with Crippen LogP contribution in [0.4, 0.5) is 45.5 Å². The Labute approximate surface area is 309 Å². The minimum Gasteiger partial charge on any atom is -0.335 e. The van der Waals surface area contributed by atoms with E-state index in [0.717, 1.165) is 0 Å². The second kappa shape index (κ2) is 11.1. The molecule has 0 aromatic heterocycles. The molecule has 6 aromatic rings. The lowest BCUT2D eigenvalue weighted by Gasteiger charge is -2.53. The quantitative estimate of drug-likeness (QED) is 0.172. The zero-order chi connectivity index (χ0) is 35.5. The van der Waals surface area contributed by atoms with Gasteiger partial charge in [-0.2, -0.15) is 0 Å². The first kappa shape index (κ1) is 31.5. The van der Waals surface area contributed by atoms with Gasteiger partial charge >= 0.3 is 0 Å². The van der Waals surface area contributed by atoms with E-state index in [2.05, 4.69) is 178 Å². The third kappa shape index (κ3) is 4.04. The van der Waals surface area contributed by atoms with Crippen LogP contribution in [-0.4, -0.2) is 12.3 Å². The molecule has 3 heterocycles. The van der Waals surface area contributed by atoms with Gasteiger partial charge in [0.25, 0.3) is 6.71 Å². The molecule has 0 saturated heterocycles. The second-order valence-corrected chi connectivity index (χ2v) is 16.3. The van der Waals surface area contributed by atoms with Gasteiger partial charge in [0, 0.05) is 45.2 Å². The number of aryl methyl sites for hydroxylation is 4. The molecular weight excluding hydrogens is 629 g/mol. The molecule has 1 saturated carbocycles. The molecule has 1 aliphatic carbocycles. The highest BCUT2D eigenvalue weighted by molar-refractivity contribution is 7.00. The number of anilines is 8. The highest BCUT2D eigenvalue weighted by atomic mass is 15.3. The number of rotatable bonds is 4. The average molecular weight is 676 g/mol. The van der Waals surface area contributed by atoms with Crippen molar-refractivity contribution >= 4 is 68.6 Å². The van der Waals surface area contributed by atoms with Crippen LogP contribution in [0.2, 0.25) is 0 Å².